The first-order valence-electron chi connectivity index (χ1n) is 3.63. The van der Waals surface area contributed by atoms with Crippen molar-refractivity contribution in [3.8, 4) is 0 Å². The molecule has 0 saturated carbocycles. The van der Waals surface area contributed by atoms with Gasteiger partial charge in [-0.2, -0.15) is 0 Å². The lowest BCUT2D eigenvalue weighted by molar-refractivity contribution is -0.114. The van der Waals surface area contributed by atoms with Crippen LogP contribution in [0.15, 0.2) is 18.2 Å². The van der Waals surface area contributed by atoms with Crippen LogP contribution in [-0.2, 0) is 4.79 Å². The Hall–Kier alpha value is -0.580. The van der Waals surface area contributed by atoms with Gasteiger partial charge in [0.15, 0.2) is 0 Å². The molecule has 0 bridgehead atoms. The van der Waals surface area contributed by atoms with Crippen LogP contribution in [0.2, 0.25) is 0 Å². The minimum atomic E-state index is -0.0292. The zero-order valence-corrected chi connectivity index (χ0v) is 9.18. The molecule has 0 atom stereocenters. The number of anilines is 1. The van der Waals surface area contributed by atoms with E-state index >= 15 is 0 Å². The number of benzene rings is 1. The van der Waals surface area contributed by atoms with Crippen LogP contribution in [0.5, 0.6) is 0 Å². The smallest absolute Gasteiger partial charge is 0.221 e. The monoisotopic (exact) mass is 275 g/mol. The number of aryl methyl sites for hydroxylation is 1. The molecule has 1 aromatic carbocycles. The molecule has 0 spiro atoms. The van der Waals surface area contributed by atoms with Crippen LogP contribution in [0.25, 0.3) is 0 Å². The Bertz CT molecular complexity index is 309. The van der Waals surface area contributed by atoms with Crippen LogP contribution in [0.3, 0.4) is 0 Å². The van der Waals surface area contributed by atoms with Crippen molar-refractivity contribution >= 4 is 34.2 Å². The summed E-state index contributed by atoms with van der Waals surface area (Å²) in [4.78, 5) is 10.8. The van der Waals surface area contributed by atoms with Crippen molar-refractivity contribution in [1.82, 2.24) is 0 Å². The minimum Gasteiger partial charge on any atom is -0.325 e. The quantitative estimate of drug-likeness (QED) is 0.784. The van der Waals surface area contributed by atoms with Crippen LogP contribution in [0.1, 0.15) is 12.5 Å². The van der Waals surface area contributed by atoms with Crippen molar-refractivity contribution < 1.29 is 4.79 Å². The summed E-state index contributed by atoms with van der Waals surface area (Å²) >= 11 is 2.20. The van der Waals surface area contributed by atoms with E-state index < -0.39 is 0 Å². The van der Waals surface area contributed by atoms with E-state index in [0.717, 1.165) is 14.8 Å². The normalized spacial score (nSPS) is 9.58. The highest BCUT2D eigenvalue weighted by molar-refractivity contribution is 14.1. The van der Waals surface area contributed by atoms with Gasteiger partial charge < -0.3 is 5.32 Å². The molecule has 12 heavy (non-hydrogen) atoms. The van der Waals surface area contributed by atoms with Gasteiger partial charge in [-0.1, -0.05) is 6.07 Å². The summed E-state index contributed by atoms with van der Waals surface area (Å²) in [5.41, 5.74) is 2.04. The topological polar surface area (TPSA) is 29.1 Å². The molecule has 0 aliphatic heterocycles. The van der Waals surface area contributed by atoms with Crippen molar-refractivity contribution in [2.75, 3.05) is 5.32 Å². The Morgan fingerprint density at radius 1 is 1.50 bits per heavy atom. The van der Waals surface area contributed by atoms with Crippen molar-refractivity contribution in [1.29, 1.82) is 0 Å². The number of carbonyl (C=O) groups is 1. The van der Waals surface area contributed by atoms with Gasteiger partial charge in [0.25, 0.3) is 0 Å². The lowest BCUT2D eigenvalue weighted by atomic mass is 10.2. The molecule has 1 rings (SSSR count). The van der Waals surface area contributed by atoms with Crippen LogP contribution in [0, 0.1) is 10.5 Å². The number of amides is 1. The third kappa shape index (κ3) is 2.48. The van der Waals surface area contributed by atoms with Gasteiger partial charge in [-0.25, -0.2) is 0 Å². The Kier molecular flexibility index (Phi) is 3.08. The Labute approximate surface area is 85.5 Å². The number of carbonyl (C=O) groups excluding carboxylic acids is 1. The number of halogens is 1. The summed E-state index contributed by atoms with van der Waals surface area (Å²) in [6.45, 7) is 3.51. The van der Waals surface area contributed by atoms with E-state index in [1.807, 2.05) is 25.1 Å². The number of hydrogen-bond acceptors (Lipinski definition) is 1. The number of hydrogen-bond donors (Lipinski definition) is 1. The molecular formula is C9H10INO. The predicted octanol–water partition coefficient (Wildman–Crippen LogP) is 2.56. The average Bonchev–Trinajstić information content (AvgIpc) is 1.96. The second-order valence-electron chi connectivity index (χ2n) is 2.66. The molecule has 1 aromatic rings. The molecule has 1 N–H and O–H groups in total. The van der Waals surface area contributed by atoms with Crippen LogP contribution in [0.4, 0.5) is 5.69 Å². The number of rotatable bonds is 1. The van der Waals surface area contributed by atoms with E-state index in [2.05, 4.69) is 27.9 Å². The third-order valence-corrected chi connectivity index (χ3v) is 2.37. The fourth-order valence-corrected chi connectivity index (χ4v) is 1.39. The average molecular weight is 275 g/mol. The second-order valence-corrected chi connectivity index (χ2v) is 3.83. The van der Waals surface area contributed by atoms with E-state index in [9.17, 15) is 4.79 Å². The van der Waals surface area contributed by atoms with Gasteiger partial charge in [0.2, 0.25) is 5.91 Å². The molecule has 0 aliphatic rings. The van der Waals surface area contributed by atoms with Crippen LogP contribution < -0.4 is 5.32 Å². The van der Waals surface area contributed by atoms with E-state index in [-0.39, 0.29) is 5.91 Å². The van der Waals surface area contributed by atoms with Gasteiger partial charge in [-0.3, -0.25) is 4.79 Å². The van der Waals surface area contributed by atoms with E-state index in [1.165, 1.54) is 6.92 Å². The maximum Gasteiger partial charge on any atom is 0.221 e. The number of nitrogens with one attached hydrogen (secondary N) is 1. The Morgan fingerprint density at radius 3 is 2.75 bits per heavy atom. The summed E-state index contributed by atoms with van der Waals surface area (Å²) < 4.78 is 1.06. The maximum absolute atomic E-state index is 10.8. The molecule has 2 nitrogen and oxygen atoms in total. The molecule has 64 valence electrons. The van der Waals surface area contributed by atoms with Crippen molar-refractivity contribution in [2.45, 2.75) is 13.8 Å². The summed E-state index contributed by atoms with van der Waals surface area (Å²) in [7, 11) is 0. The molecule has 0 unspecified atom stereocenters. The Morgan fingerprint density at radius 2 is 2.17 bits per heavy atom. The molecule has 0 aliphatic carbocycles. The highest BCUT2D eigenvalue weighted by atomic mass is 127. The van der Waals surface area contributed by atoms with Gasteiger partial charge in [-0.15, -0.1) is 0 Å². The standard InChI is InChI=1S/C9H10INO/c1-6-3-4-8(10)9(5-6)11-7(2)12/h3-5H,1-2H3,(H,11,12). The zero-order valence-electron chi connectivity index (χ0n) is 7.02. The first-order valence-corrected chi connectivity index (χ1v) is 4.71. The second kappa shape index (κ2) is 3.89. The summed E-state index contributed by atoms with van der Waals surface area (Å²) in [6, 6.07) is 5.97. The highest BCUT2D eigenvalue weighted by Gasteiger charge is 2.00. The first-order chi connectivity index (χ1) is 5.59. The summed E-state index contributed by atoms with van der Waals surface area (Å²) in [5.74, 6) is -0.0292. The minimum absolute atomic E-state index is 0.0292. The summed E-state index contributed by atoms with van der Waals surface area (Å²) in [5, 5.41) is 2.77. The van der Waals surface area contributed by atoms with Gasteiger partial charge >= 0.3 is 0 Å². The fraction of sp³-hybridized carbons (Fsp3) is 0.222. The van der Waals surface area contributed by atoms with Crippen molar-refractivity contribution in [3.63, 3.8) is 0 Å². The molecule has 0 heterocycles. The van der Waals surface area contributed by atoms with Gasteiger partial charge in [0.1, 0.15) is 0 Å². The lowest BCUT2D eigenvalue weighted by Crippen LogP contribution is -2.07. The lowest BCUT2D eigenvalue weighted by Gasteiger charge is -2.05. The van der Waals surface area contributed by atoms with Crippen molar-refractivity contribution in [2.24, 2.45) is 0 Å². The molecule has 0 aromatic heterocycles. The van der Waals surface area contributed by atoms with E-state index in [1.54, 1.807) is 0 Å². The Balaban J connectivity index is 2.97. The van der Waals surface area contributed by atoms with Gasteiger partial charge in [-0.05, 0) is 47.2 Å². The highest BCUT2D eigenvalue weighted by Crippen LogP contribution is 2.18. The largest absolute Gasteiger partial charge is 0.325 e. The van der Waals surface area contributed by atoms with Crippen LogP contribution >= 0.6 is 22.6 Å². The molecule has 0 radical (unpaired) electrons. The predicted molar refractivity (Wildman–Crippen MR) is 58.2 cm³/mol. The SMILES string of the molecule is CC(=O)Nc1cc(C)ccc1I. The fourth-order valence-electron chi connectivity index (χ4n) is 0.925. The zero-order chi connectivity index (χ0) is 9.14. The molecular weight excluding hydrogens is 265 g/mol. The first kappa shape index (κ1) is 9.51. The molecule has 1 amide bonds. The van der Waals surface area contributed by atoms with E-state index in [0.29, 0.717) is 0 Å². The van der Waals surface area contributed by atoms with Gasteiger partial charge in [0.05, 0.1) is 5.69 Å². The van der Waals surface area contributed by atoms with Crippen LogP contribution in [-0.4, -0.2) is 5.91 Å². The molecule has 3 heteroatoms. The summed E-state index contributed by atoms with van der Waals surface area (Å²) in [6.07, 6.45) is 0. The van der Waals surface area contributed by atoms with Crippen molar-refractivity contribution in [3.05, 3.63) is 27.3 Å². The molecule has 0 saturated heterocycles. The van der Waals surface area contributed by atoms with E-state index in [4.69, 9.17) is 0 Å². The maximum atomic E-state index is 10.8. The third-order valence-electron chi connectivity index (χ3n) is 1.43. The van der Waals surface area contributed by atoms with Gasteiger partial charge in [0, 0.05) is 10.5 Å². The molecule has 0 fully saturated rings.